The van der Waals surface area contributed by atoms with Crippen molar-refractivity contribution in [1.29, 1.82) is 10.8 Å². The number of nitrogens with one attached hydrogen (secondary N) is 2. The molecule has 0 radical (unpaired) electrons. The second kappa shape index (κ2) is 13.5. The molecule has 0 aliphatic rings. The fourth-order valence-corrected chi connectivity index (χ4v) is 4.17. The Kier molecular flexibility index (Phi) is 10.1. The van der Waals surface area contributed by atoms with Crippen LogP contribution in [0.2, 0.25) is 0 Å². The molecule has 0 aliphatic carbocycles. The Labute approximate surface area is 220 Å². The van der Waals surface area contributed by atoms with Crippen LogP contribution in [0.15, 0.2) is 54.6 Å². The van der Waals surface area contributed by atoms with Gasteiger partial charge in [0.2, 0.25) is 0 Å². The second-order valence-electron chi connectivity index (χ2n) is 9.09. The van der Waals surface area contributed by atoms with Crippen molar-refractivity contribution in [2.75, 3.05) is 14.2 Å². The highest BCUT2D eigenvalue weighted by Crippen LogP contribution is 2.31. The molecule has 0 atom stereocenters. The Hall–Kier alpha value is -3.80. The molecule has 0 saturated carbocycles. The first-order valence-corrected chi connectivity index (χ1v) is 12.7. The lowest BCUT2D eigenvalue weighted by Crippen LogP contribution is -2.04. The minimum atomic E-state index is 0.383. The topological polar surface area (TPSA) is 84.6 Å². The summed E-state index contributed by atoms with van der Waals surface area (Å²) in [7, 11) is 3.23. The molecule has 6 nitrogen and oxygen atoms in total. The Morgan fingerprint density at radius 2 is 1.05 bits per heavy atom. The van der Waals surface area contributed by atoms with Crippen LogP contribution in [0.25, 0.3) is 0 Å². The van der Waals surface area contributed by atoms with Crippen LogP contribution in [0.5, 0.6) is 23.0 Å². The van der Waals surface area contributed by atoms with Crippen molar-refractivity contribution in [2.24, 2.45) is 0 Å². The van der Waals surface area contributed by atoms with Crippen molar-refractivity contribution in [1.82, 2.24) is 0 Å². The Balaban J connectivity index is 1.69. The molecule has 0 amide bonds. The van der Waals surface area contributed by atoms with E-state index in [4.69, 9.17) is 29.8 Å². The lowest BCUT2D eigenvalue weighted by molar-refractivity contribution is 0.279. The first-order chi connectivity index (χ1) is 17.9. The SMILES string of the molecule is CCCC(=N)c1ccc(OCc2cc(C)cc(COc3ccc(C(=N)CCC)cc3OC)c2)c(OC)c1. The van der Waals surface area contributed by atoms with E-state index in [0.717, 1.165) is 53.5 Å². The Morgan fingerprint density at radius 3 is 1.43 bits per heavy atom. The van der Waals surface area contributed by atoms with E-state index in [1.54, 1.807) is 14.2 Å². The van der Waals surface area contributed by atoms with Gasteiger partial charge in [-0.15, -0.1) is 0 Å². The summed E-state index contributed by atoms with van der Waals surface area (Å²) < 4.78 is 23.3. The van der Waals surface area contributed by atoms with Crippen LogP contribution < -0.4 is 18.9 Å². The molecule has 0 spiro atoms. The van der Waals surface area contributed by atoms with Gasteiger partial charge in [0.15, 0.2) is 23.0 Å². The van der Waals surface area contributed by atoms with Crippen molar-refractivity contribution in [2.45, 2.75) is 59.7 Å². The molecular weight excluding hydrogens is 464 g/mol. The van der Waals surface area contributed by atoms with E-state index in [1.807, 2.05) is 36.4 Å². The number of ether oxygens (including phenoxy) is 4. The number of rotatable bonds is 14. The Bertz CT molecular complexity index is 1140. The molecule has 3 aromatic rings. The highest BCUT2D eigenvalue weighted by Gasteiger charge is 2.11. The summed E-state index contributed by atoms with van der Waals surface area (Å²) in [5, 5.41) is 16.4. The predicted molar refractivity (Wildman–Crippen MR) is 149 cm³/mol. The zero-order valence-electron chi connectivity index (χ0n) is 22.6. The molecule has 196 valence electrons. The summed E-state index contributed by atoms with van der Waals surface area (Å²) in [4.78, 5) is 0. The van der Waals surface area contributed by atoms with Crippen LogP contribution in [-0.2, 0) is 13.2 Å². The molecule has 0 fully saturated rings. The smallest absolute Gasteiger partial charge is 0.161 e. The lowest BCUT2D eigenvalue weighted by atomic mass is 10.1. The minimum Gasteiger partial charge on any atom is -0.493 e. The maximum atomic E-state index is 8.20. The molecule has 0 unspecified atom stereocenters. The first kappa shape index (κ1) is 27.8. The van der Waals surface area contributed by atoms with Gasteiger partial charge in [0.1, 0.15) is 13.2 Å². The van der Waals surface area contributed by atoms with Gasteiger partial charge in [0, 0.05) is 11.4 Å². The van der Waals surface area contributed by atoms with Gasteiger partial charge in [0.25, 0.3) is 0 Å². The molecule has 3 rings (SSSR count). The van der Waals surface area contributed by atoms with Gasteiger partial charge in [-0.1, -0.05) is 44.4 Å². The standard InChI is InChI=1S/C31H38N2O4/c1-6-8-26(32)24-10-12-28(30(17-24)34-4)36-19-22-14-21(3)15-23(16-22)20-37-29-13-11-25(18-31(29)35-5)27(33)9-7-2/h10-18,32-33H,6-9,19-20H2,1-5H3. The second-order valence-corrected chi connectivity index (χ2v) is 9.09. The van der Waals surface area contributed by atoms with E-state index < -0.39 is 0 Å². The Morgan fingerprint density at radius 1 is 0.622 bits per heavy atom. The van der Waals surface area contributed by atoms with Crippen molar-refractivity contribution in [3.05, 3.63) is 82.4 Å². The van der Waals surface area contributed by atoms with Gasteiger partial charge in [-0.05, 0) is 84.5 Å². The lowest BCUT2D eigenvalue weighted by Gasteiger charge is -2.15. The molecule has 0 aliphatic heterocycles. The average molecular weight is 503 g/mol. The quantitative estimate of drug-likeness (QED) is 0.223. The monoisotopic (exact) mass is 502 g/mol. The van der Waals surface area contributed by atoms with Crippen molar-refractivity contribution in [3.8, 4) is 23.0 Å². The average Bonchev–Trinajstić information content (AvgIpc) is 2.90. The maximum absolute atomic E-state index is 8.20. The predicted octanol–water partition coefficient (Wildman–Crippen LogP) is 7.51. The highest BCUT2D eigenvalue weighted by molar-refractivity contribution is 5.99. The molecule has 3 aromatic carbocycles. The summed E-state index contributed by atoms with van der Waals surface area (Å²) in [6.45, 7) is 6.95. The van der Waals surface area contributed by atoms with Gasteiger partial charge in [-0.25, -0.2) is 0 Å². The first-order valence-electron chi connectivity index (χ1n) is 12.7. The van der Waals surface area contributed by atoms with Crippen LogP contribution >= 0.6 is 0 Å². The highest BCUT2D eigenvalue weighted by atomic mass is 16.5. The van der Waals surface area contributed by atoms with E-state index in [9.17, 15) is 0 Å². The third-order valence-corrected chi connectivity index (χ3v) is 6.01. The third kappa shape index (κ3) is 7.59. The molecule has 6 heteroatoms. The molecule has 0 heterocycles. The summed E-state index contributed by atoms with van der Waals surface area (Å²) in [5.74, 6) is 2.54. The van der Waals surface area contributed by atoms with Crippen LogP contribution in [-0.4, -0.2) is 25.6 Å². The fraction of sp³-hybridized carbons (Fsp3) is 0.355. The van der Waals surface area contributed by atoms with E-state index >= 15 is 0 Å². The molecular formula is C31H38N2O4. The van der Waals surface area contributed by atoms with E-state index in [2.05, 4.69) is 39.0 Å². The van der Waals surface area contributed by atoms with Gasteiger partial charge >= 0.3 is 0 Å². The summed E-state index contributed by atoms with van der Waals surface area (Å²) >= 11 is 0. The van der Waals surface area contributed by atoms with E-state index in [-0.39, 0.29) is 0 Å². The molecule has 0 aromatic heterocycles. The van der Waals surface area contributed by atoms with Crippen molar-refractivity contribution < 1.29 is 18.9 Å². The van der Waals surface area contributed by atoms with E-state index in [0.29, 0.717) is 47.6 Å². The minimum absolute atomic E-state index is 0.383. The summed E-state index contributed by atoms with van der Waals surface area (Å²) in [6.07, 6.45) is 3.33. The molecule has 0 bridgehead atoms. The van der Waals surface area contributed by atoms with Crippen LogP contribution in [0, 0.1) is 17.7 Å². The normalized spacial score (nSPS) is 10.6. The van der Waals surface area contributed by atoms with E-state index in [1.165, 1.54) is 0 Å². The number of methoxy groups -OCH3 is 2. The number of aryl methyl sites for hydroxylation is 1. The van der Waals surface area contributed by atoms with Crippen molar-refractivity contribution in [3.63, 3.8) is 0 Å². The summed E-state index contributed by atoms with van der Waals surface area (Å²) in [6, 6.07) is 17.6. The third-order valence-electron chi connectivity index (χ3n) is 6.01. The molecule has 0 saturated heterocycles. The van der Waals surface area contributed by atoms with Gasteiger partial charge < -0.3 is 29.8 Å². The zero-order chi connectivity index (χ0) is 26.8. The maximum Gasteiger partial charge on any atom is 0.161 e. The molecule has 2 N–H and O–H groups in total. The largest absolute Gasteiger partial charge is 0.493 e. The number of benzene rings is 3. The van der Waals surface area contributed by atoms with Gasteiger partial charge in [-0.2, -0.15) is 0 Å². The van der Waals surface area contributed by atoms with Gasteiger partial charge in [0.05, 0.1) is 14.2 Å². The molecule has 37 heavy (non-hydrogen) atoms. The van der Waals surface area contributed by atoms with Crippen LogP contribution in [0.1, 0.15) is 67.3 Å². The van der Waals surface area contributed by atoms with Gasteiger partial charge in [-0.3, -0.25) is 0 Å². The number of hydrogen-bond acceptors (Lipinski definition) is 6. The van der Waals surface area contributed by atoms with Crippen molar-refractivity contribution >= 4 is 11.4 Å². The fourth-order valence-electron chi connectivity index (χ4n) is 4.17. The zero-order valence-corrected chi connectivity index (χ0v) is 22.6. The van der Waals surface area contributed by atoms with Crippen LogP contribution in [0.4, 0.5) is 0 Å². The number of hydrogen-bond donors (Lipinski definition) is 2. The van der Waals surface area contributed by atoms with Crippen LogP contribution in [0.3, 0.4) is 0 Å². The summed E-state index contributed by atoms with van der Waals surface area (Å²) in [5.41, 5.74) is 6.07.